The van der Waals surface area contributed by atoms with Crippen LogP contribution in [-0.2, 0) is 4.74 Å². The Labute approximate surface area is 103 Å². The van der Waals surface area contributed by atoms with Crippen LogP contribution in [0.3, 0.4) is 0 Å². The molecule has 0 unspecified atom stereocenters. The SMILES string of the molecule is CC[C@]1(C)OC[C@H](C)[C@H]1Sc1ccccc1. The highest BCUT2D eigenvalue weighted by Crippen LogP contribution is 2.43. The summed E-state index contributed by atoms with van der Waals surface area (Å²) in [4.78, 5) is 1.35. The quantitative estimate of drug-likeness (QED) is 0.785. The molecule has 1 aromatic rings. The fraction of sp³-hybridized carbons (Fsp3) is 0.571. The van der Waals surface area contributed by atoms with Crippen molar-refractivity contribution in [1.29, 1.82) is 0 Å². The van der Waals surface area contributed by atoms with Crippen LogP contribution >= 0.6 is 11.8 Å². The van der Waals surface area contributed by atoms with E-state index in [-0.39, 0.29) is 5.60 Å². The van der Waals surface area contributed by atoms with Crippen LogP contribution in [0, 0.1) is 5.92 Å². The van der Waals surface area contributed by atoms with E-state index in [4.69, 9.17) is 4.74 Å². The molecule has 2 heteroatoms. The molecule has 1 heterocycles. The number of hydrogen-bond donors (Lipinski definition) is 0. The molecule has 0 amide bonds. The Balaban J connectivity index is 2.13. The van der Waals surface area contributed by atoms with Gasteiger partial charge in [0.2, 0.25) is 0 Å². The molecule has 88 valence electrons. The van der Waals surface area contributed by atoms with E-state index in [0.29, 0.717) is 11.2 Å². The third-order valence-corrected chi connectivity index (χ3v) is 5.26. The van der Waals surface area contributed by atoms with E-state index in [1.807, 2.05) is 11.8 Å². The first-order valence-corrected chi connectivity index (χ1v) is 6.89. The summed E-state index contributed by atoms with van der Waals surface area (Å²) in [6, 6.07) is 10.6. The molecule has 0 radical (unpaired) electrons. The topological polar surface area (TPSA) is 9.23 Å². The Morgan fingerprint density at radius 2 is 2.06 bits per heavy atom. The molecule has 0 aliphatic carbocycles. The van der Waals surface area contributed by atoms with E-state index in [2.05, 4.69) is 51.1 Å². The van der Waals surface area contributed by atoms with Gasteiger partial charge in [-0.25, -0.2) is 0 Å². The first-order chi connectivity index (χ1) is 7.65. The van der Waals surface area contributed by atoms with Gasteiger partial charge in [-0.05, 0) is 31.4 Å². The van der Waals surface area contributed by atoms with Crippen LogP contribution in [0.2, 0.25) is 0 Å². The Morgan fingerprint density at radius 3 is 2.69 bits per heavy atom. The lowest BCUT2D eigenvalue weighted by Gasteiger charge is -2.30. The minimum atomic E-state index is 0.0416. The van der Waals surface area contributed by atoms with Crippen LogP contribution in [0.15, 0.2) is 35.2 Å². The van der Waals surface area contributed by atoms with Gasteiger partial charge in [0.05, 0.1) is 12.2 Å². The second-order valence-corrected chi connectivity index (χ2v) is 6.02. The highest BCUT2D eigenvalue weighted by molar-refractivity contribution is 8.00. The highest BCUT2D eigenvalue weighted by Gasteiger charge is 2.43. The van der Waals surface area contributed by atoms with Gasteiger partial charge >= 0.3 is 0 Å². The molecule has 1 nitrogen and oxygen atoms in total. The first kappa shape index (κ1) is 12.0. The average Bonchev–Trinajstić information content (AvgIpc) is 2.60. The molecule has 2 rings (SSSR count). The Kier molecular flexibility index (Phi) is 3.60. The first-order valence-electron chi connectivity index (χ1n) is 6.01. The molecule has 1 aliphatic rings. The van der Waals surface area contributed by atoms with E-state index < -0.39 is 0 Å². The molecule has 16 heavy (non-hydrogen) atoms. The predicted octanol–water partition coefficient (Wildman–Crippen LogP) is 3.98. The van der Waals surface area contributed by atoms with Crippen molar-refractivity contribution in [1.82, 2.24) is 0 Å². The van der Waals surface area contributed by atoms with Crippen molar-refractivity contribution in [2.45, 2.75) is 42.9 Å². The minimum absolute atomic E-state index is 0.0416. The fourth-order valence-electron chi connectivity index (χ4n) is 2.28. The molecule has 3 atom stereocenters. The summed E-state index contributed by atoms with van der Waals surface area (Å²) in [6.45, 7) is 7.66. The van der Waals surface area contributed by atoms with Crippen molar-refractivity contribution >= 4 is 11.8 Å². The maximum absolute atomic E-state index is 5.97. The third-order valence-electron chi connectivity index (χ3n) is 3.50. The summed E-state index contributed by atoms with van der Waals surface area (Å²) in [5, 5.41) is 0.569. The number of ether oxygens (including phenoxy) is 1. The van der Waals surface area contributed by atoms with Crippen LogP contribution in [0.4, 0.5) is 0 Å². The minimum Gasteiger partial charge on any atom is -0.374 e. The summed E-state index contributed by atoms with van der Waals surface area (Å²) >= 11 is 1.97. The summed E-state index contributed by atoms with van der Waals surface area (Å²) < 4.78 is 5.97. The summed E-state index contributed by atoms with van der Waals surface area (Å²) in [5.41, 5.74) is 0.0416. The third kappa shape index (κ3) is 2.28. The highest BCUT2D eigenvalue weighted by atomic mass is 32.2. The van der Waals surface area contributed by atoms with Crippen LogP contribution < -0.4 is 0 Å². The number of thioether (sulfide) groups is 1. The molecule has 0 bridgehead atoms. The van der Waals surface area contributed by atoms with E-state index in [1.54, 1.807) is 0 Å². The zero-order valence-electron chi connectivity index (χ0n) is 10.3. The zero-order valence-corrected chi connectivity index (χ0v) is 11.1. The summed E-state index contributed by atoms with van der Waals surface area (Å²) in [7, 11) is 0. The van der Waals surface area contributed by atoms with Gasteiger partial charge in [0.15, 0.2) is 0 Å². The molecular formula is C14H20OS. The molecule has 0 spiro atoms. The van der Waals surface area contributed by atoms with Crippen molar-refractivity contribution in [2.75, 3.05) is 6.61 Å². The van der Waals surface area contributed by atoms with Crippen LogP contribution in [0.1, 0.15) is 27.2 Å². The molecule has 0 N–H and O–H groups in total. The molecular weight excluding hydrogens is 216 g/mol. The molecule has 1 saturated heterocycles. The van der Waals surface area contributed by atoms with E-state index in [9.17, 15) is 0 Å². The smallest absolute Gasteiger partial charge is 0.0777 e. The second-order valence-electron chi connectivity index (χ2n) is 4.81. The van der Waals surface area contributed by atoms with Crippen molar-refractivity contribution < 1.29 is 4.74 Å². The molecule has 0 saturated carbocycles. The normalized spacial score (nSPS) is 34.2. The largest absolute Gasteiger partial charge is 0.374 e. The second kappa shape index (κ2) is 4.80. The van der Waals surface area contributed by atoms with Gasteiger partial charge in [-0.1, -0.05) is 32.0 Å². The Hall–Kier alpha value is -0.470. The van der Waals surface area contributed by atoms with Gasteiger partial charge in [0.1, 0.15) is 0 Å². The lowest BCUT2D eigenvalue weighted by molar-refractivity contribution is 0.0189. The van der Waals surface area contributed by atoms with Gasteiger partial charge in [0.25, 0.3) is 0 Å². The molecule has 0 aromatic heterocycles. The van der Waals surface area contributed by atoms with E-state index >= 15 is 0 Å². The molecule has 1 aromatic carbocycles. The monoisotopic (exact) mass is 236 g/mol. The van der Waals surface area contributed by atoms with Crippen molar-refractivity contribution in [2.24, 2.45) is 5.92 Å². The summed E-state index contributed by atoms with van der Waals surface area (Å²) in [6.07, 6.45) is 1.09. The average molecular weight is 236 g/mol. The van der Waals surface area contributed by atoms with Crippen molar-refractivity contribution in [3.8, 4) is 0 Å². The van der Waals surface area contributed by atoms with Gasteiger partial charge in [0, 0.05) is 10.1 Å². The van der Waals surface area contributed by atoms with Gasteiger partial charge in [-0.2, -0.15) is 0 Å². The predicted molar refractivity (Wildman–Crippen MR) is 69.9 cm³/mol. The zero-order chi connectivity index (χ0) is 11.6. The fourth-order valence-corrected chi connectivity index (χ4v) is 3.69. The molecule has 1 fully saturated rings. The van der Waals surface area contributed by atoms with E-state index in [0.717, 1.165) is 13.0 Å². The van der Waals surface area contributed by atoms with Crippen LogP contribution in [0.25, 0.3) is 0 Å². The van der Waals surface area contributed by atoms with Crippen molar-refractivity contribution in [3.63, 3.8) is 0 Å². The van der Waals surface area contributed by atoms with Gasteiger partial charge in [-0.3, -0.25) is 0 Å². The lowest BCUT2D eigenvalue weighted by Crippen LogP contribution is -2.34. The van der Waals surface area contributed by atoms with Crippen molar-refractivity contribution in [3.05, 3.63) is 30.3 Å². The van der Waals surface area contributed by atoms with Crippen LogP contribution in [-0.4, -0.2) is 17.5 Å². The number of rotatable bonds is 3. The van der Waals surface area contributed by atoms with Gasteiger partial charge < -0.3 is 4.74 Å². The lowest BCUT2D eigenvalue weighted by atomic mass is 9.94. The Morgan fingerprint density at radius 1 is 1.38 bits per heavy atom. The number of benzene rings is 1. The van der Waals surface area contributed by atoms with Crippen LogP contribution in [0.5, 0.6) is 0 Å². The Bertz CT molecular complexity index is 338. The summed E-state index contributed by atoms with van der Waals surface area (Å²) in [5.74, 6) is 0.634. The maximum atomic E-state index is 5.97. The standard InChI is InChI=1S/C14H20OS/c1-4-14(3)13(11(2)10-15-14)16-12-8-6-5-7-9-12/h5-9,11,13H,4,10H2,1-3H3/t11-,13+,14-/m0/s1. The van der Waals surface area contributed by atoms with Gasteiger partial charge in [-0.15, -0.1) is 11.8 Å². The van der Waals surface area contributed by atoms with E-state index in [1.165, 1.54) is 4.90 Å². The number of hydrogen-bond acceptors (Lipinski definition) is 2. The molecule has 1 aliphatic heterocycles. The maximum Gasteiger partial charge on any atom is 0.0777 e.